The molecule has 2 aromatic carbocycles. The molecule has 0 radical (unpaired) electrons. The number of ether oxygens (including phenoxy) is 4. The van der Waals surface area contributed by atoms with Crippen LogP contribution in [-0.4, -0.2) is 38.4 Å². The molecule has 0 bridgehead atoms. The van der Waals surface area contributed by atoms with E-state index in [1.54, 1.807) is 53.0 Å². The minimum Gasteiger partial charge on any atom is -0.540 e. The van der Waals surface area contributed by atoms with Gasteiger partial charge in [0.1, 0.15) is 11.5 Å². The van der Waals surface area contributed by atoms with Crippen molar-refractivity contribution in [1.82, 2.24) is 9.97 Å². The van der Waals surface area contributed by atoms with Gasteiger partial charge in [-0.05, 0) is 35.7 Å². The van der Waals surface area contributed by atoms with Crippen molar-refractivity contribution in [2.75, 3.05) is 28.4 Å². The molecular weight excluding hydrogens is 599 g/mol. The third-order valence-corrected chi connectivity index (χ3v) is 4.53. The average molecular weight is 624 g/mol. The smallest absolute Gasteiger partial charge is 0.540 e. The third kappa shape index (κ3) is 7.33. The number of methoxy groups -OCH3 is 4. The maximum absolute atomic E-state index is 5.14. The Balaban J connectivity index is 0.000000227. The van der Waals surface area contributed by atoms with Crippen LogP contribution in [-0.2, 0) is 21.1 Å². The first kappa shape index (κ1) is 25.9. The Morgan fingerprint density at radius 2 is 0.939 bits per heavy atom. The molecule has 2 aromatic heterocycles. The number of benzene rings is 2. The van der Waals surface area contributed by atoms with Crippen LogP contribution in [0.2, 0.25) is 0 Å². The van der Waals surface area contributed by atoms with E-state index in [2.05, 4.69) is 22.1 Å². The van der Waals surface area contributed by atoms with Crippen molar-refractivity contribution in [3.05, 3.63) is 85.2 Å². The number of rotatable bonds is 6. The van der Waals surface area contributed by atoms with Crippen molar-refractivity contribution >= 4 is 0 Å². The molecule has 4 aromatic rings. The van der Waals surface area contributed by atoms with Crippen LogP contribution >= 0.6 is 0 Å². The van der Waals surface area contributed by atoms with Gasteiger partial charge < -0.3 is 28.9 Å². The van der Waals surface area contributed by atoms with E-state index in [1.807, 2.05) is 48.5 Å². The summed E-state index contributed by atoms with van der Waals surface area (Å²) in [6.45, 7) is 0. The molecule has 2 heterocycles. The molecule has 0 atom stereocenters. The first-order valence-corrected chi connectivity index (χ1v) is 9.79. The van der Waals surface area contributed by atoms with Crippen molar-refractivity contribution in [1.29, 1.82) is 0 Å². The van der Waals surface area contributed by atoms with Gasteiger partial charge in [-0.25, -0.2) is 0 Å². The van der Waals surface area contributed by atoms with Crippen LogP contribution in [0.3, 0.4) is 0 Å². The molecule has 0 aliphatic carbocycles. The zero-order valence-corrected chi connectivity index (χ0v) is 21.0. The Morgan fingerprint density at radius 3 is 1.24 bits per heavy atom. The van der Waals surface area contributed by atoms with Crippen LogP contribution in [0.15, 0.2) is 73.1 Å². The van der Waals surface area contributed by atoms with Crippen LogP contribution in [0.5, 0.6) is 23.0 Å². The number of pyridine rings is 2. The van der Waals surface area contributed by atoms with Crippen molar-refractivity contribution in [2.45, 2.75) is 0 Å². The molecule has 0 unspecified atom stereocenters. The van der Waals surface area contributed by atoms with Crippen LogP contribution in [0.4, 0.5) is 0 Å². The summed E-state index contributed by atoms with van der Waals surface area (Å²) < 4.78 is 20.4. The van der Waals surface area contributed by atoms with Crippen LogP contribution in [0.25, 0.3) is 22.5 Å². The summed E-state index contributed by atoms with van der Waals surface area (Å²) in [5, 5.41) is 0. The molecule has 172 valence electrons. The maximum Gasteiger partial charge on any atom is 2.00 e. The molecule has 0 N–H and O–H groups in total. The monoisotopic (exact) mass is 623 g/mol. The molecule has 0 amide bonds. The molecule has 0 aliphatic heterocycles. The Labute approximate surface area is 208 Å². The van der Waals surface area contributed by atoms with E-state index in [9.17, 15) is 0 Å². The first-order valence-electron chi connectivity index (χ1n) is 9.79. The van der Waals surface area contributed by atoms with Crippen molar-refractivity contribution in [3.63, 3.8) is 0 Å². The molecule has 7 heteroatoms. The van der Waals surface area contributed by atoms with Gasteiger partial charge in [-0.15, -0.1) is 59.7 Å². The number of hydrogen-bond donors (Lipinski definition) is 0. The Bertz CT molecular complexity index is 1030. The zero-order chi connectivity index (χ0) is 22.8. The van der Waals surface area contributed by atoms with Gasteiger partial charge in [0.25, 0.3) is 0 Å². The summed E-state index contributed by atoms with van der Waals surface area (Å²) in [6, 6.07) is 24.8. The number of nitrogens with zero attached hydrogens (tertiary/aromatic N) is 2. The summed E-state index contributed by atoms with van der Waals surface area (Å²) in [4.78, 5) is 8.52. The Hall–Kier alpha value is -3.37. The number of hydrogen-bond acceptors (Lipinski definition) is 6. The normalized spacial score (nSPS) is 9.58. The average Bonchev–Trinajstić information content (AvgIpc) is 2.89. The third-order valence-electron chi connectivity index (χ3n) is 4.53. The van der Waals surface area contributed by atoms with Crippen molar-refractivity contribution in [2.24, 2.45) is 0 Å². The quantitative estimate of drug-likeness (QED) is 0.278. The van der Waals surface area contributed by atoms with Crippen LogP contribution in [0.1, 0.15) is 0 Å². The first-order chi connectivity index (χ1) is 15.7. The molecule has 0 spiro atoms. The summed E-state index contributed by atoms with van der Waals surface area (Å²) in [6.07, 6.45) is 3.43. The SMILES string of the molecule is COc1c[c-]c(-c2cc(OC)ccn2)cc1.COc1c[c-]c(-c2cc(OC)ccn2)cc1.[Pt+2]. The van der Waals surface area contributed by atoms with E-state index in [1.165, 1.54) is 0 Å². The minimum atomic E-state index is 0. The topological polar surface area (TPSA) is 62.7 Å². The largest absolute Gasteiger partial charge is 2.00 e. The van der Waals surface area contributed by atoms with Gasteiger partial charge >= 0.3 is 21.1 Å². The predicted octanol–water partition coefficient (Wildman–Crippen LogP) is 5.13. The van der Waals surface area contributed by atoms with E-state index in [-0.39, 0.29) is 21.1 Å². The molecule has 6 nitrogen and oxygen atoms in total. The van der Waals surface area contributed by atoms with E-state index >= 15 is 0 Å². The van der Waals surface area contributed by atoms with E-state index in [4.69, 9.17) is 18.9 Å². The van der Waals surface area contributed by atoms with Gasteiger partial charge in [-0.3, -0.25) is 0 Å². The standard InChI is InChI=1S/2C13H12NO2.Pt/c2*1-15-11-5-3-10(4-6-11)13-9-12(16-2)7-8-14-13;/h2*3,5-9H,1-2H3;/q2*-1;+2. The fraction of sp³-hybridized carbons (Fsp3) is 0.154. The molecule has 33 heavy (non-hydrogen) atoms. The van der Waals surface area contributed by atoms with Crippen molar-refractivity contribution in [3.8, 4) is 45.5 Å². The summed E-state index contributed by atoms with van der Waals surface area (Å²) in [7, 11) is 6.53. The van der Waals surface area contributed by atoms with Gasteiger partial charge in [0.2, 0.25) is 0 Å². The van der Waals surface area contributed by atoms with E-state index in [0.717, 1.165) is 45.5 Å². The van der Waals surface area contributed by atoms with Gasteiger partial charge in [0.15, 0.2) is 0 Å². The molecular formula is C26H24N2O4Pt. The molecule has 0 aliphatic rings. The molecule has 0 fully saturated rings. The second kappa shape index (κ2) is 13.2. The van der Waals surface area contributed by atoms with Crippen LogP contribution < -0.4 is 18.9 Å². The summed E-state index contributed by atoms with van der Waals surface area (Å²) in [5.74, 6) is 3.14. The van der Waals surface area contributed by atoms with Gasteiger partial charge in [-0.2, -0.15) is 0 Å². The fourth-order valence-electron chi connectivity index (χ4n) is 2.76. The molecule has 0 saturated heterocycles. The van der Waals surface area contributed by atoms with Gasteiger partial charge in [-0.1, -0.05) is 0 Å². The number of aromatic nitrogens is 2. The predicted molar refractivity (Wildman–Crippen MR) is 123 cm³/mol. The summed E-state index contributed by atoms with van der Waals surface area (Å²) >= 11 is 0. The summed E-state index contributed by atoms with van der Waals surface area (Å²) in [5.41, 5.74) is 3.50. The second-order valence-electron chi connectivity index (χ2n) is 6.45. The molecule has 4 rings (SSSR count). The van der Waals surface area contributed by atoms with Crippen molar-refractivity contribution < 1.29 is 40.0 Å². The van der Waals surface area contributed by atoms with E-state index in [0.29, 0.717) is 0 Å². The van der Waals surface area contributed by atoms with Gasteiger partial charge in [0.05, 0.1) is 28.4 Å². The Kier molecular flexibility index (Phi) is 10.4. The zero-order valence-electron chi connectivity index (χ0n) is 18.8. The fourth-order valence-corrected chi connectivity index (χ4v) is 2.76. The molecule has 0 saturated carbocycles. The Morgan fingerprint density at radius 1 is 0.545 bits per heavy atom. The van der Waals surface area contributed by atoms with Crippen LogP contribution in [0, 0.1) is 12.1 Å². The van der Waals surface area contributed by atoms with E-state index < -0.39 is 0 Å². The van der Waals surface area contributed by atoms with Gasteiger partial charge in [0, 0.05) is 23.9 Å². The minimum absolute atomic E-state index is 0. The second-order valence-corrected chi connectivity index (χ2v) is 6.45. The maximum atomic E-state index is 5.14.